The van der Waals surface area contributed by atoms with Gasteiger partial charge in [-0.05, 0) is 49.1 Å². The SMILES string of the molecule is CCC(CC)NC(=O)[C@@H]1C=C2c3cccc4c3c(cn4C)C[C@H]2N(C)C1. The molecule has 138 valence electrons. The number of hydrogen-bond acceptors (Lipinski definition) is 2. The van der Waals surface area contributed by atoms with Crippen molar-refractivity contribution in [1.29, 1.82) is 0 Å². The number of hydrogen-bond donors (Lipinski definition) is 1. The molecule has 1 aromatic carbocycles. The Balaban J connectivity index is 1.74. The lowest BCUT2D eigenvalue weighted by molar-refractivity contribution is -0.125. The molecule has 2 heterocycles. The Hall–Kier alpha value is -2.07. The van der Waals surface area contributed by atoms with Crippen LogP contribution in [0.2, 0.25) is 0 Å². The molecule has 0 bridgehead atoms. The average Bonchev–Trinajstić information content (AvgIpc) is 2.97. The Morgan fingerprint density at radius 3 is 2.77 bits per heavy atom. The lowest BCUT2D eigenvalue weighted by Gasteiger charge is -2.39. The van der Waals surface area contributed by atoms with E-state index in [4.69, 9.17) is 0 Å². The van der Waals surface area contributed by atoms with Crippen LogP contribution in [0.5, 0.6) is 0 Å². The predicted molar refractivity (Wildman–Crippen MR) is 107 cm³/mol. The molecule has 1 aliphatic heterocycles. The van der Waals surface area contributed by atoms with Gasteiger partial charge < -0.3 is 9.88 Å². The van der Waals surface area contributed by atoms with Gasteiger partial charge in [-0.1, -0.05) is 32.1 Å². The van der Waals surface area contributed by atoms with E-state index in [0.717, 1.165) is 25.8 Å². The van der Waals surface area contributed by atoms with Crippen molar-refractivity contribution in [2.45, 2.75) is 45.2 Å². The highest BCUT2D eigenvalue weighted by Crippen LogP contribution is 2.41. The van der Waals surface area contributed by atoms with Gasteiger partial charge in [0.1, 0.15) is 0 Å². The van der Waals surface area contributed by atoms with Gasteiger partial charge in [-0.2, -0.15) is 0 Å². The predicted octanol–water partition coefficient (Wildman–Crippen LogP) is 3.35. The van der Waals surface area contributed by atoms with Gasteiger partial charge in [0, 0.05) is 42.8 Å². The number of fused-ring (bicyclic) bond motifs is 2. The Morgan fingerprint density at radius 1 is 1.27 bits per heavy atom. The van der Waals surface area contributed by atoms with Gasteiger partial charge in [0.25, 0.3) is 0 Å². The summed E-state index contributed by atoms with van der Waals surface area (Å²) in [5.74, 6) is 0.0925. The maximum absolute atomic E-state index is 12.9. The maximum atomic E-state index is 12.9. The van der Waals surface area contributed by atoms with Crippen molar-refractivity contribution in [1.82, 2.24) is 14.8 Å². The van der Waals surface area contributed by atoms with Gasteiger partial charge in [-0.3, -0.25) is 9.69 Å². The maximum Gasteiger partial charge on any atom is 0.228 e. The normalized spacial score (nSPS) is 22.4. The number of aromatic nitrogens is 1. The smallest absolute Gasteiger partial charge is 0.228 e. The summed E-state index contributed by atoms with van der Waals surface area (Å²) in [7, 11) is 4.28. The molecular formula is C22H29N3O. The van der Waals surface area contributed by atoms with E-state index < -0.39 is 0 Å². The number of nitrogens with zero attached hydrogens (tertiary/aromatic N) is 2. The number of nitrogens with one attached hydrogen (secondary N) is 1. The molecule has 4 rings (SSSR count). The van der Waals surface area contributed by atoms with E-state index in [2.05, 4.69) is 73.2 Å². The topological polar surface area (TPSA) is 37.3 Å². The minimum absolute atomic E-state index is 0.0765. The highest BCUT2D eigenvalue weighted by atomic mass is 16.2. The molecule has 1 N–H and O–H groups in total. The minimum Gasteiger partial charge on any atom is -0.353 e. The molecule has 2 atom stereocenters. The number of carbonyl (C=O) groups excluding carboxylic acids is 1. The molecule has 26 heavy (non-hydrogen) atoms. The molecule has 1 aromatic heterocycles. The highest BCUT2D eigenvalue weighted by molar-refractivity contribution is 5.99. The van der Waals surface area contributed by atoms with Crippen LogP contribution < -0.4 is 5.32 Å². The quantitative estimate of drug-likeness (QED) is 0.917. The zero-order valence-corrected chi connectivity index (χ0v) is 16.2. The number of carbonyl (C=O) groups is 1. The van der Waals surface area contributed by atoms with E-state index in [9.17, 15) is 4.79 Å². The molecule has 2 aliphatic rings. The highest BCUT2D eigenvalue weighted by Gasteiger charge is 2.36. The van der Waals surface area contributed by atoms with E-state index in [1.807, 2.05) is 0 Å². The van der Waals surface area contributed by atoms with Gasteiger partial charge in [0.2, 0.25) is 5.91 Å². The third-order valence-electron chi connectivity index (χ3n) is 6.24. The summed E-state index contributed by atoms with van der Waals surface area (Å²) in [5.41, 5.74) is 5.34. The van der Waals surface area contributed by atoms with Crippen LogP contribution in [0.1, 0.15) is 37.8 Å². The fraction of sp³-hybridized carbons (Fsp3) is 0.500. The van der Waals surface area contributed by atoms with Crippen LogP contribution in [-0.4, -0.2) is 41.1 Å². The van der Waals surface area contributed by atoms with E-state index >= 15 is 0 Å². The van der Waals surface area contributed by atoms with E-state index in [-0.39, 0.29) is 17.9 Å². The van der Waals surface area contributed by atoms with Gasteiger partial charge in [0.05, 0.1) is 5.92 Å². The van der Waals surface area contributed by atoms with Crippen LogP contribution in [-0.2, 0) is 18.3 Å². The van der Waals surface area contributed by atoms with Crippen LogP contribution in [0.25, 0.3) is 16.5 Å². The molecule has 1 amide bonds. The molecule has 4 nitrogen and oxygen atoms in total. The zero-order valence-electron chi connectivity index (χ0n) is 16.2. The second-order valence-corrected chi connectivity index (χ2v) is 7.87. The Bertz CT molecular complexity index is 875. The monoisotopic (exact) mass is 351 g/mol. The molecule has 0 fully saturated rings. The fourth-order valence-corrected chi connectivity index (χ4v) is 4.69. The number of amides is 1. The molecule has 0 unspecified atom stereocenters. The van der Waals surface area contributed by atoms with Crippen LogP contribution in [0, 0.1) is 5.92 Å². The summed E-state index contributed by atoms with van der Waals surface area (Å²) < 4.78 is 2.23. The van der Waals surface area contributed by atoms with Crippen molar-refractivity contribution < 1.29 is 4.79 Å². The average molecular weight is 351 g/mol. The van der Waals surface area contributed by atoms with Crippen LogP contribution in [0.3, 0.4) is 0 Å². The molecule has 2 aromatic rings. The van der Waals surface area contributed by atoms with Crippen molar-refractivity contribution in [2.75, 3.05) is 13.6 Å². The molecule has 0 radical (unpaired) electrons. The summed E-state index contributed by atoms with van der Waals surface area (Å²) in [6, 6.07) is 7.19. The molecule has 0 spiro atoms. The number of likely N-dealkylation sites (N-methyl/N-ethyl adjacent to an activating group) is 1. The Kier molecular flexibility index (Phi) is 4.39. The number of benzene rings is 1. The zero-order chi connectivity index (χ0) is 18.4. The summed E-state index contributed by atoms with van der Waals surface area (Å²) in [6.07, 6.45) is 7.50. The second-order valence-electron chi connectivity index (χ2n) is 7.87. The van der Waals surface area contributed by atoms with Crippen molar-refractivity contribution in [2.24, 2.45) is 13.0 Å². The van der Waals surface area contributed by atoms with E-state index in [1.165, 1.54) is 27.6 Å². The minimum atomic E-state index is -0.0765. The number of rotatable bonds is 4. The van der Waals surface area contributed by atoms with Crippen molar-refractivity contribution in [3.05, 3.63) is 41.6 Å². The van der Waals surface area contributed by atoms with Crippen molar-refractivity contribution in [3.8, 4) is 0 Å². The third-order valence-corrected chi connectivity index (χ3v) is 6.24. The van der Waals surface area contributed by atoms with Crippen LogP contribution >= 0.6 is 0 Å². The summed E-state index contributed by atoms with van der Waals surface area (Å²) in [5, 5.41) is 4.60. The number of aryl methyl sites for hydroxylation is 1. The Labute approximate surface area is 155 Å². The largest absolute Gasteiger partial charge is 0.353 e. The first-order valence-electron chi connectivity index (χ1n) is 9.83. The van der Waals surface area contributed by atoms with Crippen LogP contribution in [0.15, 0.2) is 30.5 Å². The first kappa shape index (κ1) is 17.3. The van der Waals surface area contributed by atoms with Crippen molar-refractivity contribution in [3.63, 3.8) is 0 Å². The summed E-state index contributed by atoms with van der Waals surface area (Å²) in [6.45, 7) is 5.06. The van der Waals surface area contributed by atoms with Crippen LogP contribution in [0.4, 0.5) is 0 Å². The van der Waals surface area contributed by atoms with E-state index in [1.54, 1.807) is 0 Å². The molecule has 0 saturated carbocycles. The van der Waals surface area contributed by atoms with Gasteiger partial charge in [-0.25, -0.2) is 0 Å². The lowest BCUT2D eigenvalue weighted by Crippen LogP contribution is -2.48. The van der Waals surface area contributed by atoms with Gasteiger partial charge in [-0.15, -0.1) is 0 Å². The molecular weight excluding hydrogens is 322 g/mol. The standard InChI is InChI=1S/C22H29N3O/c1-5-16(6-2)23-22(26)15-10-18-17-8-7-9-19-21(17)14(12-24(19)3)11-20(18)25(4)13-15/h7-10,12,15-16,20H,5-6,11,13H2,1-4H3,(H,23,26)/t15-,20-/m1/s1. The summed E-state index contributed by atoms with van der Waals surface area (Å²) >= 11 is 0. The molecule has 1 aliphatic carbocycles. The van der Waals surface area contributed by atoms with Gasteiger partial charge in [0.15, 0.2) is 0 Å². The third kappa shape index (κ3) is 2.67. The first-order chi connectivity index (χ1) is 12.5. The van der Waals surface area contributed by atoms with Crippen molar-refractivity contribution >= 4 is 22.4 Å². The second kappa shape index (κ2) is 6.58. The van der Waals surface area contributed by atoms with Gasteiger partial charge >= 0.3 is 0 Å². The first-order valence-corrected chi connectivity index (χ1v) is 9.83. The molecule has 0 saturated heterocycles. The molecule has 4 heteroatoms. The summed E-state index contributed by atoms with van der Waals surface area (Å²) in [4.78, 5) is 15.2. The Morgan fingerprint density at radius 2 is 2.04 bits per heavy atom. The fourth-order valence-electron chi connectivity index (χ4n) is 4.69. The lowest BCUT2D eigenvalue weighted by atomic mass is 9.79. The van der Waals surface area contributed by atoms with E-state index in [0.29, 0.717) is 6.04 Å².